The Kier molecular flexibility index (Phi) is 5.08. The number of benzene rings is 2. The zero-order valence-electron chi connectivity index (χ0n) is 16.0. The molecule has 1 aliphatic rings. The van der Waals surface area contributed by atoms with E-state index in [4.69, 9.17) is 4.42 Å². The molecule has 0 unspecified atom stereocenters. The predicted octanol–water partition coefficient (Wildman–Crippen LogP) is 4.44. The Bertz CT molecular complexity index is 1080. The van der Waals surface area contributed by atoms with Gasteiger partial charge < -0.3 is 9.32 Å². The molecule has 152 valence electrons. The summed E-state index contributed by atoms with van der Waals surface area (Å²) in [6, 6.07) is 12.8. The minimum Gasteiger partial charge on any atom is -0.423 e. The van der Waals surface area contributed by atoms with Gasteiger partial charge in [0, 0.05) is 49.9 Å². The standard InChI is InChI=1S/C22H21F3N2O2/c1-15-5-6-19-16(12-21(28)29-20(19)11-15)14-26-7-9-27(10-8-26)18-4-2-3-17(13-18)22(23,24)25/h2-6,11-13H,7-10,14H2,1H3. The molecule has 0 aliphatic carbocycles. The summed E-state index contributed by atoms with van der Waals surface area (Å²) in [7, 11) is 0. The highest BCUT2D eigenvalue weighted by atomic mass is 19.4. The second-order valence-corrected chi connectivity index (χ2v) is 7.40. The quantitative estimate of drug-likeness (QED) is 0.607. The zero-order valence-corrected chi connectivity index (χ0v) is 16.0. The lowest BCUT2D eigenvalue weighted by atomic mass is 10.1. The van der Waals surface area contributed by atoms with E-state index in [1.807, 2.05) is 30.0 Å². The first-order valence-electron chi connectivity index (χ1n) is 9.47. The monoisotopic (exact) mass is 402 g/mol. The Balaban J connectivity index is 1.47. The summed E-state index contributed by atoms with van der Waals surface area (Å²) < 4.78 is 44.2. The molecule has 1 saturated heterocycles. The minimum absolute atomic E-state index is 0.374. The number of rotatable bonds is 3. The van der Waals surface area contributed by atoms with Crippen molar-refractivity contribution in [1.29, 1.82) is 0 Å². The summed E-state index contributed by atoms with van der Waals surface area (Å²) in [5.41, 5.74) is 2.09. The summed E-state index contributed by atoms with van der Waals surface area (Å²) in [6.45, 7) is 5.19. The van der Waals surface area contributed by atoms with Gasteiger partial charge in [0.15, 0.2) is 0 Å². The van der Waals surface area contributed by atoms with Crippen LogP contribution in [0, 0.1) is 6.92 Å². The highest BCUT2D eigenvalue weighted by molar-refractivity contribution is 5.80. The maximum absolute atomic E-state index is 13.0. The fourth-order valence-electron chi connectivity index (χ4n) is 3.75. The van der Waals surface area contributed by atoms with E-state index in [0.717, 1.165) is 22.6 Å². The van der Waals surface area contributed by atoms with E-state index >= 15 is 0 Å². The molecule has 29 heavy (non-hydrogen) atoms. The average Bonchev–Trinajstić information content (AvgIpc) is 2.67. The number of fused-ring (bicyclic) bond motifs is 1. The van der Waals surface area contributed by atoms with E-state index in [1.165, 1.54) is 18.2 Å². The number of halogens is 3. The molecule has 1 fully saturated rings. The second-order valence-electron chi connectivity index (χ2n) is 7.40. The molecular formula is C22H21F3N2O2. The smallest absolute Gasteiger partial charge is 0.416 e. The number of nitrogens with zero attached hydrogens (tertiary/aromatic N) is 2. The van der Waals surface area contributed by atoms with Crippen molar-refractivity contribution in [2.24, 2.45) is 0 Å². The lowest BCUT2D eigenvalue weighted by molar-refractivity contribution is -0.137. The third-order valence-electron chi connectivity index (χ3n) is 5.29. The molecule has 4 nitrogen and oxygen atoms in total. The molecule has 2 heterocycles. The lowest BCUT2D eigenvalue weighted by Crippen LogP contribution is -2.46. The maximum Gasteiger partial charge on any atom is 0.416 e. The first-order chi connectivity index (χ1) is 13.8. The topological polar surface area (TPSA) is 36.7 Å². The fraction of sp³-hybridized carbons (Fsp3) is 0.318. The van der Waals surface area contributed by atoms with Gasteiger partial charge in [0.2, 0.25) is 0 Å². The molecule has 0 saturated carbocycles. The molecule has 0 atom stereocenters. The number of piperazine rings is 1. The van der Waals surface area contributed by atoms with Crippen LogP contribution in [0.1, 0.15) is 16.7 Å². The van der Waals surface area contributed by atoms with Crippen LogP contribution < -0.4 is 10.5 Å². The van der Waals surface area contributed by atoms with Crippen molar-refractivity contribution in [1.82, 2.24) is 4.90 Å². The van der Waals surface area contributed by atoms with Gasteiger partial charge in [-0.3, -0.25) is 4.90 Å². The summed E-state index contributed by atoms with van der Waals surface area (Å²) in [4.78, 5) is 16.1. The SMILES string of the molecule is Cc1ccc2c(CN3CCN(c4cccc(C(F)(F)F)c4)CC3)cc(=O)oc2c1. The predicted molar refractivity (Wildman–Crippen MR) is 106 cm³/mol. The van der Waals surface area contributed by atoms with Crippen LogP contribution in [-0.4, -0.2) is 31.1 Å². The van der Waals surface area contributed by atoms with Crippen LogP contribution in [0.2, 0.25) is 0 Å². The third-order valence-corrected chi connectivity index (χ3v) is 5.29. The fourth-order valence-corrected chi connectivity index (χ4v) is 3.75. The highest BCUT2D eigenvalue weighted by Crippen LogP contribution is 2.32. The molecule has 2 aromatic carbocycles. The van der Waals surface area contributed by atoms with Crippen LogP contribution in [0.15, 0.2) is 57.7 Å². The Hall–Kier alpha value is -2.80. The van der Waals surface area contributed by atoms with E-state index < -0.39 is 11.7 Å². The number of hydrogen-bond donors (Lipinski definition) is 0. The largest absolute Gasteiger partial charge is 0.423 e. The normalized spacial score (nSPS) is 15.8. The minimum atomic E-state index is -4.34. The van der Waals surface area contributed by atoms with E-state index in [-0.39, 0.29) is 5.63 Å². The van der Waals surface area contributed by atoms with Gasteiger partial charge in [0.1, 0.15) is 5.58 Å². The maximum atomic E-state index is 13.0. The van der Waals surface area contributed by atoms with Crippen LogP contribution in [-0.2, 0) is 12.7 Å². The first kappa shape index (κ1) is 19.5. The first-order valence-corrected chi connectivity index (χ1v) is 9.47. The molecule has 1 aliphatic heterocycles. The Labute approximate surface area is 166 Å². The van der Waals surface area contributed by atoms with Crippen LogP contribution in [0.5, 0.6) is 0 Å². The summed E-state index contributed by atoms with van der Waals surface area (Å²) in [5, 5.41) is 0.913. The van der Waals surface area contributed by atoms with Crippen LogP contribution >= 0.6 is 0 Å². The Morgan fingerprint density at radius 3 is 2.48 bits per heavy atom. The van der Waals surface area contributed by atoms with Gasteiger partial charge in [-0.1, -0.05) is 18.2 Å². The molecule has 0 amide bonds. The third kappa shape index (κ3) is 4.29. The number of hydrogen-bond acceptors (Lipinski definition) is 4. The van der Waals surface area contributed by atoms with E-state index in [0.29, 0.717) is 44.0 Å². The molecule has 0 radical (unpaired) electrons. The average molecular weight is 402 g/mol. The van der Waals surface area contributed by atoms with Gasteiger partial charge in [0.25, 0.3) is 0 Å². The number of anilines is 1. The molecule has 4 rings (SSSR count). The summed E-state index contributed by atoms with van der Waals surface area (Å²) in [6.07, 6.45) is -4.34. The molecule has 3 aromatic rings. The van der Waals surface area contributed by atoms with Crippen molar-refractivity contribution in [3.05, 3.63) is 75.6 Å². The second kappa shape index (κ2) is 7.55. The van der Waals surface area contributed by atoms with Gasteiger partial charge >= 0.3 is 11.8 Å². The van der Waals surface area contributed by atoms with Crippen molar-refractivity contribution in [3.63, 3.8) is 0 Å². The molecular weight excluding hydrogens is 381 g/mol. The lowest BCUT2D eigenvalue weighted by Gasteiger charge is -2.36. The van der Waals surface area contributed by atoms with Crippen LogP contribution in [0.3, 0.4) is 0 Å². The van der Waals surface area contributed by atoms with Gasteiger partial charge in [-0.15, -0.1) is 0 Å². The molecule has 7 heteroatoms. The Morgan fingerprint density at radius 1 is 1.00 bits per heavy atom. The van der Waals surface area contributed by atoms with Crippen molar-refractivity contribution < 1.29 is 17.6 Å². The van der Waals surface area contributed by atoms with Crippen LogP contribution in [0.4, 0.5) is 18.9 Å². The van der Waals surface area contributed by atoms with Crippen molar-refractivity contribution in [3.8, 4) is 0 Å². The molecule has 1 aromatic heterocycles. The summed E-state index contributed by atoms with van der Waals surface area (Å²) >= 11 is 0. The summed E-state index contributed by atoms with van der Waals surface area (Å²) in [5.74, 6) is 0. The van der Waals surface area contributed by atoms with Gasteiger partial charge in [-0.2, -0.15) is 13.2 Å². The number of alkyl halides is 3. The van der Waals surface area contributed by atoms with Crippen molar-refractivity contribution >= 4 is 16.7 Å². The number of aryl methyl sites for hydroxylation is 1. The van der Waals surface area contributed by atoms with Crippen molar-refractivity contribution in [2.45, 2.75) is 19.6 Å². The van der Waals surface area contributed by atoms with Gasteiger partial charge in [0.05, 0.1) is 5.56 Å². The van der Waals surface area contributed by atoms with Crippen molar-refractivity contribution in [2.75, 3.05) is 31.1 Å². The zero-order chi connectivity index (χ0) is 20.6. The van der Waals surface area contributed by atoms with E-state index in [1.54, 1.807) is 6.07 Å². The van der Waals surface area contributed by atoms with Gasteiger partial charge in [-0.05, 0) is 42.3 Å². The highest BCUT2D eigenvalue weighted by Gasteiger charge is 2.31. The van der Waals surface area contributed by atoms with E-state index in [9.17, 15) is 18.0 Å². The molecule has 0 spiro atoms. The van der Waals surface area contributed by atoms with Crippen LogP contribution in [0.25, 0.3) is 11.0 Å². The van der Waals surface area contributed by atoms with Gasteiger partial charge in [-0.25, -0.2) is 4.79 Å². The van der Waals surface area contributed by atoms with E-state index in [2.05, 4.69) is 4.90 Å². The molecule has 0 N–H and O–H groups in total. The molecule has 0 bridgehead atoms. The Morgan fingerprint density at radius 2 is 1.76 bits per heavy atom.